The fourth-order valence-electron chi connectivity index (χ4n) is 3.54. The Morgan fingerprint density at radius 1 is 1.11 bits per heavy atom. The third-order valence-corrected chi connectivity index (χ3v) is 5.09. The van der Waals surface area contributed by atoms with Crippen LogP contribution in [0.1, 0.15) is 17.0 Å². The van der Waals surface area contributed by atoms with E-state index in [1.165, 1.54) is 6.07 Å². The lowest BCUT2D eigenvalue weighted by molar-refractivity contribution is 0.477. The van der Waals surface area contributed by atoms with E-state index in [0.29, 0.717) is 40.1 Å². The lowest BCUT2D eigenvalue weighted by atomic mass is 10.0. The second-order valence-electron chi connectivity index (χ2n) is 6.75. The molecule has 1 aliphatic rings. The Morgan fingerprint density at radius 2 is 1.93 bits per heavy atom. The van der Waals surface area contributed by atoms with Crippen LogP contribution in [0.15, 0.2) is 41.1 Å². The van der Waals surface area contributed by atoms with E-state index in [2.05, 4.69) is 19.9 Å². The zero-order valence-electron chi connectivity index (χ0n) is 15.1. The lowest BCUT2D eigenvalue weighted by Gasteiger charge is -2.25. The molecule has 0 spiro atoms. The number of hydrogen-bond acceptors (Lipinski definition) is 7. The van der Waals surface area contributed by atoms with Gasteiger partial charge in [0.15, 0.2) is 5.58 Å². The Kier molecular flexibility index (Phi) is 3.91. The summed E-state index contributed by atoms with van der Waals surface area (Å²) in [5.41, 5.74) is 5.13. The number of hydrogen-bond donors (Lipinski definition) is 1. The number of aromatic nitrogens is 4. The SMILES string of the molecule is Cc1cc(Cl)cc(O)c1-c1ccc2oc(N3CCc4nccnc4C3)nc2n1. The van der Waals surface area contributed by atoms with Gasteiger partial charge < -0.3 is 14.4 Å². The average molecular weight is 394 g/mol. The van der Waals surface area contributed by atoms with Crippen LogP contribution in [-0.2, 0) is 13.0 Å². The number of phenolic OH excluding ortho intramolecular Hbond substituents is 1. The molecule has 3 aromatic heterocycles. The van der Waals surface area contributed by atoms with Gasteiger partial charge in [-0.15, -0.1) is 0 Å². The van der Waals surface area contributed by atoms with Gasteiger partial charge in [-0.1, -0.05) is 11.6 Å². The first-order valence-corrected chi connectivity index (χ1v) is 9.27. The predicted octanol–water partition coefficient (Wildman–Crippen LogP) is 3.91. The van der Waals surface area contributed by atoms with E-state index in [0.717, 1.165) is 29.9 Å². The van der Waals surface area contributed by atoms with Gasteiger partial charge in [0.2, 0.25) is 5.65 Å². The number of pyridine rings is 1. The molecule has 0 saturated carbocycles. The summed E-state index contributed by atoms with van der Waals surface area (Å²) < 4.78 is 5.91. The highest BCUT2D eigenvalue weighted by atomic mass is 35.5. The molecule has 0 radical (unpaired) electrons. The van der Waals surface area contributed by atoms with Crippen molar-refractivity contribution in [3.05, 3.63) is 58.6 Å². The summed E-state index contributed by atoms with van der Waals surface area (Å²) in [7, 11) is 0. The van der Waals surface area contributed by atoms with E-state index >= 15 is 0 Å². The van der Waals surface area contributed by atoms with Crippen LogP contribution in [0.4, 0.5) is 6.01 Å². The Labute approximate surface area is 165 Å². The minimum Gasteiger partial charge on any atom is -0.507 e. The number of rotatable bonds is 2. The fourth-order valence-corrected chi connectivity index (χ4v) is 3.81. The van der Waals surface area contributed by atoms with E-state index in [1.807, 2.05) is 24.0 Å². The summed E-state index contributed by atoms with van der Waals surface area (Å²) in [6.45, 7) is 3.23. The van der Waals surface area contributed by atoms with Gasteiger partial charge in [0.25, 0.3) is 6.01 Å². The molecule has 28 heavy (non-hydrogen) atoms. The van der Waals surface area contributed by atoms with E-state index < -0.39 is 0 Å². The number of aromatic hydroxyl groups is 1. The third kappa shape index (κ3) is 2.84. The summed E-state index contributed by atoms with van der Waals surface area (Å²) >= 11 is 6.01. The van der Waals surface area contributed by atoms with Gasteiger partial charge in [-0.2, -0.15) is 4.98 Å². The van der Waals surface area contributed by atoms with Crippen molar-refractivity contribution >= 4 is 28.8 Å². The van der Waals surface area contributed by atoms with E-state index in [1.54, 1.807) is 18.5 Å². The molecular weight excluding hydrogens is 378 g/mol. The molecule has 0 aliphatic carbocycles. The maximum Gasteiger partial charge on any atom is 0.300 e. The number of aryl methyl sites for hydroxylation is 1. The van der Waals surface area contributed by atoms with Crippen LogP contribution in [0, 0.1) is 6.92 Å². The average Bonchev–Trinajstić information content (AvgIpc) is 3.10. The minimum atomic E-state index is 0.0896. The van der Waals surface area contributed by atoms with Crippen molar-refractivity contribution < 1.29 is 9.52 Å². The normalized spacial score (nSPS) is 13.7. The largest absolute Gasteiger partial charge is 0.507 e. The highest BCUT2D eigenvalue weighted by Crippen LogP contribution is 2.35. The molecule has 1 aromatic carbocycles. The van der Waals surface area contributed by atoms with Crippen molar-refractivity contribution in [2.45, 2.75) is 19.9 Å². The molecule has 7 nitrogen and oxygen atoms in total. The number of phenols is 1. The van der Waals surface area contributed by atoms with Gasteiger partial charge in [-0.05, 0) is 36.8 Å². The molecule has 1 aliphatic heterocycles. The van der Waals surface area contributed by atoms with Crippen molar-refractivity contribution in [2.24, 2.45) is 0 Å². The number of anilines is 1. The van der Waals surface area contributed by atoms with E-state index in [9.17, 15) is 5.11 Å². The molecule has 5 rings (SSSR count). The summed E-state index contributed by atoms with van der Waals surface area (Å²) in [5.74, 6) is 0.0896. The van der Waals surface area contributed by atoms with Crippen LogP contribution < -0.4 is 4.90 Å². The molecule has 1 N–H and O–H groups in total. The summed E-state index contributed by atoms with van der Waals surface area (Å²) in [6.07, 6.45) is 4.20. The highest BCUT2D eigenvalue weighted by molar-refractivity contribution is 6.31. The number of fused-ring (bicyclic) bond motifs is 2. The van der Waals surface area contributed by atoms with Crippen LogP contribution in [0.3, 0.4) is 0 Å². The van der Waals surface area contributed by atoms with Crippen LogP contribution in [-0.4, -0.2) is 31.6 Å². The van der Waals surface area contributed by atoms with Crippen molar-refractivity contribution in [2.75, 3.05) is 11.4 Å². The van der Waals surface area contributed by atoms with E-state index in [-0.39, 0.29) is 5.75 Å². The Bertz CT molecular complexity index is 1180. The first-order chi connectivity index (χ1) is 13.6. The molecule has 0 fully saturated rings. The van der Waals surface area contributed by atoms with Gasteiger partial charge in [-0.3, -0.25) is 9.97 Å². The zero-order valence-corrected chi connectivity index (χ0v) is 15.8. The predicted molar refractivity (Wildman–Crippen MR) is 105 cm³/mol. The molecule has 140 valence electrons. The Hall–Kier alpha value is -3.19. The highest BCUT2D eigenvalue weighted by Gasteiger charge is 2.23. The molecule has 0 amide bonds. The molecule has 0 bridgehead atoms. The fraction of sp³-hybridized carbons (Fsp3) is 0.200. The maximum absolute atomic E-state index is 10.3. The van der Waals surface area contributed by atoms with Gasteiger partial charge in [0.05, 0.1) is 23.6 Å². The first-order valence-electron chi connectivity index (χ1n) is 8.89. The first kappa shape index (κ1) is 16.9. The maximum atomic E-state index is 10.3. The molecule has 4 aromatic rings. The summed E-state index contributed by atoms with van der Waals surface area (Å²) in [4.78, 5) is 20.0. The summed E-state index contributed by atoms with van der Waals surface area (Å²) in [6, 6.07) is 7.44. The zero-order chi connectivity index (χ0) is 19.3. The second-order valence-corrected chi connectivity index (χ2v) is 7.19. The van der Waals surface area contributed by atoms with Crippen LogP contribution in [0.2, 0.25) is 5.02 Å². The molecule has 0 atom stereocenters. The Morgan fingerprint density at radius 3 is 2.75 bits per heavy atom. The van der Waals surface area contributed by atoms with Crippen molar-refractivity contribution in [3.8, 4) is 17.0 Å². The van der Waals surface area contributed by atoms with Gasteiger partial charge in [-0.25, -0.2) is 4.98 Å². The number of oxazole rings is 1. The Balaban J connectivity index is 1.52. The van der Waals surface area contributed by atoms with Gasteiger partial charge in [0, 0.05) is 35.9 Å². The molecule has 0 saturated heterocycles. The molecule has 8 heteroatoms. The third-order valence-electron chi connectivity index (χ3n) is 4.87. The summed E-state index contributed by atoms with van der Waals surface area (Å²) in [5, 5.41) is 10.8. The lowest BCUT2D eigenvalue weighted by Crippen LogP contribution is -2.31. The number of benzene rings is 1. The second kappa shape index (κ2) is 6.45. The van der Waals surface area contributed by atoms with Crippen molar-refractivity contribution in [3.63, 3.8) is 0 Å². The van der Waals surface area contributed by atoms with Crippen molar-refractivity contribution in [1.82, 2.24) is 19.9 Å². The van der Waals surface area contributed by atoms with Gasteiger partial charge >= 0.3 is 0 Å². The number of halogens is 1. The minimum absolute atomic E-state index is 0.0896. The van der Waals surface area contributed by atoms with Crippen LogP contribution >= 0.6 is 11.6 Å². The van der Waals surface area contributed by atoms with E-state index in [4.69, 9.17) is 16.0 Å². The molecule has 4 heterocycles. The van der Waals surface area contributed by atoms with Crippen LogP contribution in [0.5, 0.6) is 5.75 Å². The van der Waals surface area contributed by atoms with Crippen molar-refractivity contribution in [1.29, 1.82) is 0 Å². The van der Waals surface area contributed by atoms with Crippen LogP contribution in [0.25, 0.3) is 22.5 Å². The quantitative estimate of drug-likeness (QED) is 0.552. The molecular formula is C20H16ClN5O2. The topological polar surface area (TPSA) is 88.2 Å². The van der Waals surface area contributed by atoms with Gasteiger partial charge in [0.1, 0.15) is 5.75 Å². The molecule has 0 unspecified atom stereocenters. The monoisotopic (exact) mass is 393 g/mol. The standard InChI is InChI=1S/C20H16ClN5O2/c1-11-8-12(21)9-16(27)18(11)14-2-3-17-19(24-14)25-20(28-17)26-7-4-13-15(10-26)23-6-5-22-13/h2-3,5-6,8-9,27H,4,7,10H2,1H3. The smallest absolute Gasteiger partial charge is 0.300 e. The number of nitrogens with zero attached hydrogens (tertiary/aromatic N) is 5.